The number of nitrogens with zero attached hydrogens (tertiary/aromatic N) is 2. The fraction of sp³-hybridized carbons (Fsp3) is 0.562. The number of nitro benzene ring substituents is 1. The van der Waals surface area contributed by atoms with Crippen LogP contribution in [0.25, 0.3) is 0 Å². The third-order valence-electron chi connectivity index (χ3n) is 5.06. The van der Waals surface area contributed by atoms with E-state index in [2.05, 4.69) is 5.32 Å². The van der Waals surface area contributed by atoms with Gasteiger partial charge < -0.3 is 10.2 Å². The fourth-order valence-electron chi connectivity index (χ4n) is 3.31. The topological polar surface area (TPSA) is 110 Å². The van der Waals surface area contributed by atoms with E-state index in [-0.39, 0.29) is 30.1 Å². The van der Waals surface area contributed by atoms with Gasteiger partial charge in [0.2, 0.25) is 0 Å². The SMILES string of the molecule is CCC1(CC)CN(c2ccc(C(=O)NC)cc2[N+](=O)[O-])CCS1(=O)=O. The average Bonchev–Trinajstić information content (AvgIpc) is 2.60. The molecule has 1 N–H and O–H groups in total. The highest BCUT2D eigenvalue weighted by molar-refractivity contribution is 7.92. The normalized spacial score (nSPS) is 18.6. The summed E-state index contributed by atoms with van der Waals surface area (Å²) in [5.41, 5.74) is 0.347. The van der Waals surface area contributed by atoms with Crippen LogP contribution in [-0.4, -0.2) is 49.9 Å². The van der Waals surface area contributed by atoms with Gasteiger partial charge in [0.15, 0.2) is 9.84 Å². The molecule has 0 aromatic heterocycles. The molecule has 25 heavy (non-hydrogen) atoms. The first-order chi connectivity index (χ1) is 11.7. The van der Waals surface area contributed by atoms with Crippen molar-refractivity contribution in [2.75, 3.05) is 30.8 Å². The number of anilines is 1. The van der Waals surface area contributed by atoms with Crippen molar-refractivity contribution in [3.8, 4) is 0 Å². The highest BCUT2D eigenvalue weighted by Crippen LogP contribution is 2.37. The van der Waals surface area contributed by atoms with E-state index in [9.17, 15) is 23.3 Å². The van der Waals surface area contributed by atoms with Crippen LogP contribution in [0.1, 0.15) is 37.0 Å². The van der Waals surface area contributed by atoms with Crippen molar-refractivity contribution in [2.24, 2.45) is 0 Å². The van der Waals surface area contributed by atoms with E-state index in [1.165, 1.54) is 25.2 Å². The summed E-state index contributed by atoms with van der Waals surface area (Å²) in [6.07, 6.45) is 0.902. The molecule has 9 heteroatoms. The quantitative estimate of drug-likeness (QED) is 0.625. The molecular formula is C16H23N3O5S. The minimum atomic E-state index is -3.26. The van der Waals surface area contributed by atoms with Crippen molar-refractivity contribution in [3.05, 3.63) is 33.9 Å². The lowest BCUT2D eigenvalue weighted by Crippen LogP contribution is -2.56. The Kier molecular flexibility index (Phi) is 5.36. The van der Waals surface area contributed by atoms with Gasteiger partial charge in [-0.1, -0.05) is 13.8 Å². The Morgan fingerprint density at radius 2 is 2.00 bits per heavy atom. The monoisotopic (exact) mass is 369 g/mol. The molecule has 1 aliphatic rings. The lowest BCUT2D eigenvalue weighted by atomic mass is 10.0. The lowest BCUT2D eigenvalue weighted by molar-refractivity contribution is -0.384. The highest BCUT2D eigenvalue weighted by Gasteiger charge is 2.46. The summed E-state index contributed by atoms with van der Waals surface area (Å²) in [4.78, 5) is 24.4. The Morgan fingerprint density at radius 1 is 1.36 bits per heavy atom. The Labute approximate surface area is 147 Å². The van der Waals surface area contributed by atoms with Gasteiger partial charge in [-0.05, 0) is 25.0 Å². The Hall–Kier alpha value is -2.16. The molecule has 0 bridgehead atoms. The highest BCUT2D eigenvalue weighted by atomic mass is 32.2. The first-order valence-electron chi connectivity index (χ1n) is 8.19. The Morgan fingerprint density at radius 3 is 2.52 bits per heavy atom. The van der Waals surface area contributed by atoms with E-state index in [0.29, 0.717) is 18.5 Å². The molecule has 1 amide bonds. The molecule has 138 valence electrons. The van der Waals surface area contributed by atoms with Crippen LogP contribution in [0, 0.1) is 10.1 Å². The second-order valence-corrected chi connectivity index (χ2v) is 8.67. The van der Waals surface area contributed by atoms with Gasteiger partial charge in [0.1, 0.15) is 5.69 Å². The molecule has 8 nitrogen and oxygen atoms in total. The maximum absolute atomic E-state index is 12.5. The van der Waals surface area contributed by atoms with E-state index >= 15 is 0 Å². The van der Waals surface area contributed by atoms with E-state index in [0.717, 1.165) is 0 Å². The molecular weight excluding hydrogens is 346 g/mol. The van der Waals surface area contributed by atoms with Gasteiger partial charge >= 0.3 is 0 Å². The molecule has 1 heterocycles. The van der Waals surface area contributed by atoms with Crippen molar-refractivity contribution in [3.63, 3.8) is 0 Å². The predicted octanol–water partition coefficient (Wildman–Crippen LogP) is 1.75. The molecule has 0 radical (unpaired) electrons. The molecule has 0 saturated carbocycles. The van der Waals surface area contributed by atoms with E-state index in [4.69, 9.17) is 0 Å². The van der Waals surface area contributed by atoms with Crippen LogP contribution in [0.5, 0.6) is 0 Å². The number of carbonyl (C=O) groups excluding carboxylic acids is 1. The molecule has 0 spiro atoms. The van der Waals surface area contributed by atoms with Gasteiger partial charge in [-0.3, -0.25) is 14.9 Å². The predicted molar refractivity (Wildman–Crippen MR) is 95.8 cm³/mol. The molecule has 1 aromatic carbocycles. The maximum atomic E-state index is 12.5. The summed E-state index contributed by atoms with van der Waals surface area (Å²) in [6, 6.07) is 4.28. The summed E-state index contributed by atoms with van der Waals surface area (Å²) in [5, 5.41) is 13.9. The summed E-state index contributed by atoms with van der Waals surface area (Å²) in [5.74, 6) is -0.449. The summed E-state index contributed by atoms with van der Waals surface area (Å²) < 4.78 is 24.2. The van der Waals surface area contributed by atoms with Gasteiger partial charge in [-0.15, -0.1) is 0 Å². The van der Waals surface area contributed by atoms with Crippen molar-refractivity contribution in [1.29, 1.82) is 0 Å². The molecule has 1 saturated heterocycles. The van der Waals surface area contributed by atoms with Crippen molar-refractivity contribution < 1.29 is 18.1 Å². The zero-order valence-electron chi connectivity index (χ0n) is 14.6. The number of hydrogen-bond acceptors (Lipinski definition) is 6. The zero-order valence-corrected chi connectivity index (χ0v) is 15.4. The van der Waals surface area contributed by atoms with Crippen LogP contribution in [0.4, 0.5) is 11.4 Å². The number of rotatable bonds is 5. The van der Waals surface area contributed by atoms with Gasteiger partial charge in [0.05, 0.1) is 15.4 Å². The number of nitrogens with one attached hydrogen (secondary N) is 1. The standard InChI is InChI=1S/C16H23N3O5S/c1-4-16(5-2)11-18(8-9-25(16,23)24)13-7-6-12(15(20)17-3)10-14(13)19(21)22/h6-7,10H,4-5,8-9,11H2,1-3H3,(H,17,20). The number of amides is 1. The number of benzene rings is 1. The molecule has 0 unspecified atom stereocenters. The molecule has 0 aliphatic carbocycles. The van der Waals surface area contributed by atoms with Gasteiger partial charge in [-0.25, -0.2) is 8.42 Å². The third-order valence-corrected chi connectivity index (χ3v) is 7.81. The average molecular weight is 369 g/mol. The van der Waals surface area contributed by atoms with Crippen LogP contribution < -0.4 is 10.2 Å². The minimum absolute atomic E-state index is 0.0387. The van der Waals surface area contributed by atoms with Crippen molar-refractivity contribution in [1.82, 2.24) is 5.32 Å². The summed E-state index contributed by atoms with van der Waals surface area (Å²) in [7, 11) is -1.81. The second-order valence-electron chi connectivity index (χ2n) is 6.17. The van der Waals surface area contributed by atoms with Crippen molar-refractivity contribution >= 4 is 27.1 Å². The number of nitro groups is 1. The smallest absolute Gasteiger partial charge is 0.293 e. The van der Waals surface area contributed by atoms with Crippen molar-refractivity contribution in [2.45, 2.75) is 31.4 Å². The van der Waals surface area contributed by atoms with Crippen LogP contribution >= 0.6 is 0 Å². The lowest BCUT2D eigenvalue weighted by Gasteiger charge is -2.42. The molecule has 2 rings (SSSR count). The number of sulfone groups is 1. The maximum Gasteiger partial charge on any atom is 0.293 e. The Bertz CT molecular complexity index is 787. The third kappa shape index (κ3) is 3.33. The Balaban J connectivity index is 2.48. The van der Waals surface area contributed by atoms with Gasteiger partial charge in [-0.2, -0.15) is 0 Å². The largest absolute Gasteiger partial charge is 0.363 e. The molecule has 0 atom stereocenters. The van der Waals surface area contributed by atoms with Crippen LogP contribution in [0.2, 0.25) is 0 Å². The number of hydrogen-bond donors (Lipinski definition) is 1. The molecule has 1 fully saturated rings. The van der Waals surface area contributed by atoms with E-state index in [1.807, 2.05) is 13.8 Å². The fourth-order valence-corrected chi connectivity index (χ4v) is 5.44. The molecule has 1 aromatic rings. The second kappa shape index (κ2) is 6.99. The van der Waals surface area contributed by atoms with Crippen LogP contribution in [0.15, 0.2) is 18.2 Å². The van der Waals surface area contributed by atoms with Gasteiger partial charge in [0, 0.05) is 31.8 Å². The van der Waals surface area contributed by atoms with Gasteiger partial charge in [0.25, 0.3) is 11.6 Å². The first kappa shape index (κ1) is 19.2. The van der Waals surface area contributed by atoms with Crippen LogP contribution in [-0.2, 0) is 9.84 Å². The minimum Gasteiger partial charge on any atom is -0.363 e. The number of carbonyl (C=O) groups is 1. The van der Waals surface area contributed by atoms with Crippen LogP contribution in [0.3, 0.4) is 0 Å². The van der Waals surface area contributed by atoms with E-state index < -0.39 is 25.4 Å². The summed E-state index contributed by atoms with van der Waals surface area (Å²) in [6.45, 7) is 4.06. The summed E-state index contributed by atoms with van der Waals surface area (Å²) >= 11 is 0. The first-order valence-corrected chi connectivity index (χ1v) is 9.84. The molecule has 1 aliphatic heterocycles. The van der Waals surface area contributed by atoms with E-state index in [1.54, 1.807) is 4.90 Å². The zero-order chi connectivity index (χ0) is 18.8.